The van der Waals surface area contributed by atoms with Crippen LogP contribution in [0.15, 0.2) is 18.2 Å². The molecule has 0 saturated carbocycles. The second kappa shape index (κ2) is 7.38. The van der Waals surface area contributed by atoms with Crippen LogP contribution in [-0.2, 0) is 0 Å². The van der Waals surface area contributed by atoms with E-state index in [1.807, 2.05) is 11.8 Å². The molecule has 1 aromatic rings. The number of hydrogen-bond acceptors (Lipinski definition) is 3. The fourth-order valence-corrected chi connectivity index (χ4v) is 3.84. The van der Waals surface area contributed by atoms with Crippen molar-refractivity contribution in [1.82, 2.24) is 10.2 Å². The Morgan fingerprint density at radius 2 is 2.25 bits per heavy atom. The summed E-state index contributed by atoms with van der Waals surface area (Å²) in [5.74, 6) is 1.10. The van der Waals surface area contributed by atoms with Crippen molar-refractivity contribution in [2.24, 2.45) is 0 Å². The van der Waals surface area contributed by atoms with Crippen LogP contribution in [0.25, 0.3) is 0 Å². The van der Waals surface area contributed by atoms with Crippen molar-refractivity contribution in [2.45, 2.75) is 25.4 Å². The number of thioether (sulfide) groups is 1. The lowest BCUT2D eigenvalue weighted by atomic mass is 9.98. The van der Waals surface area contributed by atoms with Crippen molar-refractivity contribution in [3.05, 3.63) is 35.4 Å². The second-order valence-electron chi connectivity index (χ2n) is 5.22. The summed E-state index contributed by atoms with van der Waals surface area (Å²) < 4.78 is 27.2. The largest absolute Gasteiger partial charge is 0.309 e. The summed E-state index contributed by atoms with van der Waals surface area (Å²) >= 11 is 1.89. The first kappa shape index (κ1) is 15.7. The molecule has 0 bridgehead atoms. The highest BCUT2D eigenvalue weighted by Crippen LogP contribution is 2.28. The number of likely N-dealkylation sites (N-methyl/N-ethyl adjacent to an activating group) is 1. The number of rotatable bonds is 5. The maximum atomic E-state index is 14.1. The van der Waals surface area contributed by atoms with E-state index in [0.29, 0.717) is 5.56 Å². The molecule has 2 rings (SSSR count). The van der Waals surface area contributed by atoms with Crippen LogP contribution < -0.4 is 5.32 Å². The molecule has 112 valence electrons. The van der Waals surface area contributed by atoms with Gasteiger partial charge in [-0.05, 0) is 26.1 Å². The molecule has 0 aromatic heterocycles. The number of benzene rings is 1. The van der Waals surface area contributed by atoms with Crippen LogP contribution in [0.2, 0.25) is 0 Å². The number of nitrogens with one attached hydrogen (secondary N) is 1. The third-order valence-electron chi connectivity index (χ3n) is 3.74. The molecule has 1 aromatic carbocycles. The fourth-order valence-electron chi connectivity index (χ4n) is 2.56. The van der Waals surface area contributed by atoms with Crippen LogP contribution in [0, 0.1) is 11.6 Å². The van der Waals surface area contributed by atoms with Gasteiger partial charge in [-0.1, -0.05) is 13.0 Å². The number of hydrogen-bond donors (Lipinski definition) is 1. The first-order valence-electron chi connectivity index (χ1n) is 7.09. The van der Waals surface area contributed by atoms with E-state index in [1.54, 1.807) is 6.07 Å². The highest BCUT2D eigenvalue weighted by Gasteiger charge is 2.30. The maximum Gasteiger partial charge on any atom is 0.130 e. The van der Waals surface area contributed by atoms with Gasteiger partial charge in [0.05, 0.1) is 6.04 Å². The summed E-state index contributed by atoms with van der Waals surface area (Å²) in [6.45, 7) is 3.92. The van der Waals surface area contributed by atoms with Crippen molar-refractivity contribution < 1.29 is 8.78 Å². The minimum atomic E-state index is -0.521. The van der Waals surface area contributed by atoms with Gasteiger partial charge < -0.3 is 5.32 Å². The Kier molecular flexibility index (Phi) is 5.81. The van der Waals surface area contributed by atoms with Gasteiger partial charge in [-0.15, -0.1) is 0 Å². The topological polar surface area (TPSA) is 15.3 Å². The monoisotopic (exact) mass is 300 g/mol. The second-order valence-corrected chi connectivity index (χ2v) is 6.37. The van der Waals surface area contributed by atoms with Crippen molar-refractivity contribution in [3.63, 3.8) is 0 Å². The Morgan fingerprint density at radius 3 is 2.90 bits per heavy atom. The minimum Gasteiger partial charge on any atom is -0.309 e. The summed E-state index contributed by atoms with van der Waals surface area (Å²) in [6, 6.07) is 4.04. The van der Waals surface area contributed by atoms with Gasteiger partial charge in [0, 0.05) is 35.7 Å². The molecule has 2 unspecified atom stereocenters. The molecule has 2 atom stereocenters. The van der Waals surface area contributed by atoms with E-state index in [0.717, 1.165) is 37.1 Å². The van der Waals surface area contributed by atoms with Gasteiger partial charge in [0.15, 0.2) is 0 Å². The van der Waals surface area contributed by atoms with Crippen LogP contribution in [0.1, 0.15) is 24.9 Å². The standard InChI is InChI=1S/C15H22F2N2S/c1-3-6-18-15(14-10-20-8-7-19(14)2)12-5-4-11(16)9-13(12)17/h4-5,9,14-15,18H,3,6-8,10H2,1-2H3. The zero-order valence-corrected chi connectivity index (χ0v) is 12.9. The Labute approximate surface area is 123 Å². The SMILES string of the molecule is CCCNC(c1ccc(F)cc1F)C1CSCCN1C. The Balaban J connectivity index is 2.25. The van der Waals surface area contributed by atoms with E-state index < -0.39 is 11.6 Å². The third-order valence-corrected chi connectivity index (χ3v) is 4.79. The lowest BCUT2D eigenvalue weighted by Gasteiger charge is -2.38. The van der Waals surface area contributed by atoms with Crippen LogP contribution in [0.5, 0.6) is 0 Å². The molecule has 1 aliphatic heterocycles. The Bertz CT molecular complexity index is 442. The smallest absolute Gasteiger partial charge is 0.130 e. The molecule has 1 saturated heterocycles. The van der Waals surface area contributed by atoms with E-state index in [-0.39, 0.29) is 12.1 Å². The zero-order chi connectivity index (χ0) is 14.5. The van der Waals surface area contributed by atoms with Crippen LogP contribution >= 0.6 is 11.8 Å². The molecular weight excluding hydrogens is 278 g/mol. The predicted octanol–water partition coefficient (Wildman–Crippen LogP) is 3.05. The molecule has 1 heterocycles. The van der Waals surface area contributed by atoms with Gasteiger partial charge in [0.2, 0.25) is 0 Å². The normalized spacial score (nSPS) is 21.9. The summed E-state index contributed by atoms with van der Waals surface area (Å²) in [6.07, 6.45) is 0.989. The molecule has 0 spiro atoms. The molecule has 2 nitrogen and oxygen atoms in total. The van der Waals surface area contributed by atoms with Crippen molar-refractivity contribution in [3.8, 4) is 0 Å². The minimum absolute atomic E-state index is 0.0895. The molecule has 20 heavy (non-hydrogen) atoms. The van der Waals surface area contributed by atoms with E-state index in [1.165, 1.54) is 6.07 Å². The van der Waals surface area contributed by atoms with Gasteiger partial charge in [-0.3, -0.25) is 4.90 Å². The highest BCUT2D eigenvalue weighted by atomic mass is 32.2. The maximum absolute atomic E-state index is 14.1. The van der Waals surface area contributed by atoms with E-state index >= 15 is 0 Å². The predicted molar refractivity (Wildman–Crippen MR) is 81.1 cm³/mol. The first-order valence-corrected chi connectivity index (χ1v) is 8.25. The number of halogens is 2. The summed E-state index contributed by atoms with van der Waals surface area (Å²) in [5.41, 5.74) is 0.569. The van der Waals surface area contributed by atoms with Crippen LogP contribution in [-0.4, -0.2) is 42.6 Å². The van der Waals surface area contributed by atoms with Crippen LogP contribution in [0.3, 0.4) is 0 Å². The average Bonchev–Trinajstić information content (AvgIpc) is 2.42. The molecule has 1 N–H and O–H groups in total. The van der Waals surface area contributed by atoms with Gasteiger partial charge in [-0.2, -0.15) is 11.8 Å². The molecule has 0 radical (unpaired) electrons. The Morgan fingerprint density at radius 1 is 1.45 bits per heavy atom. The summed E-state index contributed by atoms with van der Waals surface area (Å²) in [4.78, 5) is 2.27. The quantitative estimate of drug-likeness (QED) is 0.900. The molecule has 0 amide bonds. The lowest BCUT2D eigenvalue weighted by Crippen LogP contribution is -2.48. The highest BCUT2D eigenvalue weighted by molar-refractivity contribution is 7.99. The van der Waals surface area contributed by atoms with E-state index in [9.17, 15) is 8.78 Å². The average molecular weight is 300 g/mol. The first-order chi connectivity index (χ1) is 9.63. The van der Waals surface area contributed by atoms with Gasteiger partial charge >= 0.3 is 0 Å². The molecule has 0 aliphatic carbocycles. The van der Waals surface area contributed by atoms with E-state index in [4.69, 9.17) is 0 Å². The fraction of sp³-hybridized carbons (Fsp3) is 0.600. The van der Waals surface area contributed by atoms with Crippen molar-refractivity contribution in [1.29, 1.82) is 0 Å². The molecule has 1 aliphatic rings. The lowest BCUT2D eigenvalue weighted by molar-refractivity contribution is 0.213. The third kappa shape index (κ3) is 3.71. The van der Waals surface area contributed by atoms with Crippen molar-refractivity contribution >= 4 is 11.8 Å². The van der Waals surface area contributed by atoms with Gasteiger partial charge in [0.1, 0.15) is 11.6 Å². The van der Waals surface area contributed by atoms with Gasteiger partial charge in [0.25, 0.3) is 0 Å². The molecule has 1 fully saturated rings. The van der Waals surface area contributed by atoms with E-state index in [2.05, 4.69) is 24.2 Å². The van der Waals surface area contributed by atoms with Crippen LogP contribution in [0.4, 0.5) is 8.78 Å². The molecule has 5 heteroatoms. The summed E-state index contributed by atoms with van der Waals surface area (Å²) in [7, 11) is 2.08. The Hall–Kier alpha value is -0.650. The molecular formula is C15H22F2N2S. The number of nitrogens with zero attached hydrogens (tertiary/aromatic N) is 1. The van der Waals surface area contributed by atoms with Crippen molar-refractivity contribution in [2.75, 3.05) is 31.6 Å². The zero-order valence-electron chi connectivity index (χ0n) is 12.0. The van der Waals surface area contributed by atoms with Gasteiger partial charge in [-0.25, -0.2) is 8.78 Å². The summed E-state index contributed by atoms with van der Waals surface area (Å²) in [5, 5.41) is 3.43.